The lowest BCUT2D eigenvalue weighted by Crippen LogP contribution is -2.46. The van der Waals surface area contributed by atoms with E-state index in [1.54, 1.807) is 12.1 Å². The van der Waals surface area contributed by atoms with Gasteiger partial charge in [-0.25, -0.2) is 0 Å². The number of piperidine rings is 1. The molecule has 5 heteroatoms. The lowest BCUT2D eigenvalue weighted by atomic mass is 9.87. The van der Waals surface area contributed by atoms with Crippen LogP contribution in [0.15, 0.2) is 24.3 Å². The Labute approximate surface area is 122 Å². The van der Waals surface area contributed by atoms with Gasteiger partial charge in [0.15, 0.2) is 0 Å². The van der Waals surface area contributed by atoms with Crippen molar-refractivity contribution in [1.29, 1.82) is 0 Å². The van der Waals surface area contributed by atoms with Crippen molar-refractivity contribution in [3.05, 3.63) is 29.8 Å². The van der Waals surface area contributed by atoms with Gasteiger partial charge in [0.05, 0.1) is 0 Å². The molecule has 0 amide bonds. The maximum atomic E-state index is 12.1. The third kappa shape index (κ3) is 3.90. The van der Waals surface area contributed by atoms with Crippen LogP contribution in [0.3, 0.4) is 0 Å². The van der Waals surface area contributed by atoms with Gasteiger partial charge in [-0.05, 0) is 55.7 Å². The fourth-order valence-corrected chi connectivity index (χ4v) is 3.68. The van der Waals surface area contributed by atoms with Crippen LogP contribution in [0.25, 0.3) is 0 Å². The maximum absolute atomic E-state index is 12.1. The highest BCUT2D eigenvalue weighted by Crippen LogP contribution is 2.34. The lowest BCUT2D eigenvalue weighted by Gasteiger charge is -2.33. The summed E-state index contributed by atoms with van der Waals surface area (Å²) >= 11 is 0. The molecule has 1 aromatic carbocycles. The van der Waals surface area contributed by atoms with E-state index in [-0.39, 0.29) is 5.75 Å². The normalized spacial score (nSPS) is 29.2. The summed E-state index contributed by atoms with van der Waals surface area (Å²) in [5, 5.41) is 3.71. The number of hydrogen-bond donors (Lipinski definition) is 1. The van der Waals surface area contributed by atoms with Gasteiger partial charge in [0.25, 0.3) is 0 Å². The van der Waals surface area contributed by atoms with E-state index in [1.165, 1.54) is 37.8 Å². The van der Waals surface area contributed by atoms with E-state index >= 15 is 0 Å². The molecule has 3 unspecified atom stereocenters. The fourth-order valence-electron chi connectivity index (χ4n) is 3.68. The first-order valence-electron chi connectivity index (χ1n) is 7.60. The molecule has 0 bridgehead atoms. The van der Waals surface area contributed by atoms with E-state index in [0.29, 0.717) is 12.1 Å². The van der Waals surface area contributed by atoms with Crippen molar-refractivity contribution in [3.63, 3.8) is 0 Å². The van der Waals surface area contributed by atoms with Gasteiger partial charge >= 0.3 is 6.36 Å². The van der Waals surface area contributed by atoms with Crippen molar-refractivity contribution in [2.24, 2.45) is 5.92 Å². The van der Waals surface area contributed by atoms with Crippen LogP contribution in [0.1, 0.15) is 37.7 Å². The van der Waals surface area contributed by atoms with Gasteiger partial charge in [0.2, 0.25) is 0 Å². The van der Waals surface area contributed by atoms with Crippen molar-refractivity contribution in [1.82, 2.24) is 5.32 Å². The molecule has 1 aliphatic carbocycles. The van der Waals surface area contributed by atoms with E-state index in [9.17, 15) is 13.2 Å². The molecule has 116 valence electrons. The summed E-state index contributed by atoms with van der Waals surface area (Å²) in [4.78, 5) is 0. The molecule has 3 atom stereocenters. The Hall–Kier alpha value is -1.23. The summed E-state index contributed by atoms with van der Waals surface area (Å²) in [7, 11) is 0. The Bertz CT molecular complexity index is 471. The Kier molecular flexibility index (Phi) is 4.11. The number of ether oxygens (including phenoxy) is 1. The second-order valence-corrected chi connectivity index (χ2v) is 6.13. The Morgan fingerprint density at radius 2 is 1.81 bits per heavy atom. The monoisotopic (exact) mass is 299 g/mol. The average Bonchev–Trinajstić information content (AvgIpc) is 2.87. The van der Waals surface area contributed by atoms with Crippen molar-refractivity contribution in [2.75, 3.05) is 0 Å². The second-order valence-electron chi connectivity index (χ2n) is 6.13. The van der Waals surface area contributed by atoms with Crippen LogP contribution in [0, 0.1) is 5.92 Å². The molecule has 1 aliphatic heterocycles. The van der Waals surface area contributed by atoms with Crippen molar-refractivity contribution < 1.29 is 17.9 Å². The second kappa shape index (κ2) is 5.87. The minimum atomic E-state index is -4.62. The minimum Gasteiger partial charge on any atom is -0.406 e. The van der Waals surface area contributed by atoms with Crippen LogP contribution in [-0.2, 0) is 6.42 Å². The van der Waals surface area contributed by atoms with Crippen LogP contribution in [0.5, 0.6) is 5.75 Å². The van der Waals surface area contributed by atoms with E-state index in [1.807, 2.05) is 0 Å². The number of fused-ring (bicyclic) bond motifs is 1. The van der Waals surface area contributed by atoms with Crippen LogP contribution in [-0.4, -0.2) is 18.4 Å². The zero-order chi connectivity index (χ0) is 14.9. The molecule has 1 N–H and O–H groups in total. The molecule has 2 aliphatic rings. The SMILES string of the molecule is FC(F)(F)Oc1ccc(CC2CCC3CCCC3N2)cc1. The molecule has 2 nitrogen and oxygen atoms in total. The van der Waals surface area contributed by atoms with Gasteiger partial charge in [-0.15, -0.1) is 13.2 Å². The Morgan fingerprint density at radius 1 is 1.05 bits per heavy atom. The van der Waals surface area contributed by atoms with E-state index in [0.717, 1.165) is 24.3 Å². The highest BCUT2D eigenvalue weighted by molar-refractivity contribution is 5.28. The van der Waals surface area contributed by atoms with Gasteiger partial charge in [-0.1, -0.05) is 18.6 Å². The third-order valence-corrected chi connectivity index (χ3v) is 4.63. The van der Waals surface area contributed by atoms with Crippen molar-refractivity contribution in [2.45, 2.75) is 57.0 Å². The van der Waals surface area contributed by atoms with Gasteiger partial charge in [0.1, 0.15) is 5.75 Å². The van der Waals surface area contributed by atoms with Crippen LogP contribution >= 0.6 is 0 Å². The molecule has 3 rings (SSSR count). The molecule has 0 aromatic heterocycles. The zero-order valence-corrected chi connectivity index (χ0v) is 11.8. The van der Waals surface area contributed by atoms with Crippen LogP contribution < -0.4 is 10.1 Å². The van der Waals surface area contributed by atoms with Crippen molar-refractivity contribution in [3.8, 4) is 5.75 Å². The van der Waals surface area contributed by atoms with Gasteiger partial charge in [-0.2, -0.15) is 0 Å². The fraction of sp³-hybridized carbons (Fsp3) is 0.625. The largest absolute Gasteiger partial charge is 0.573 e. The molecule has 0 radical (unpaired) electrons. The predicted molar refractivity (Wildman–Crippen MR) is 74.1 cm³/mol. The summed E-state index contributed by atoms with van der Waals surface area (Å²) < 4.78 is 40.2. The highest BCUT2D eigenvalue weighted by atomic mass is 19.4. The molecule has 2 fully saturated rings. The molecule has 1 saturated carbocycles. The lowest BCUT2D eigenvalue weighted by molar-refractivity contribution is -0.274. The quantitative estimate of drug-likeness (QED) is 0.909. The summed E-state index contributed by atoms with van der Waals surface area (Å²) in [5.41, 5.74) is 1.05. The van der Waals surface area contributed by atoms with Gasteiger partial charge in [0, 0.05) is 12.1 Å². The molecule has 1 saturated heterocycles. The first kappa shape index (κ1) is 14.7. The molecule has 0 spiro atoms. The molecular formula is C16H20F3NO. The maximum Gasteiger partial charge on any atom is 0.573 e. The van der Waals surface area contributed by atoms with Gasteiger partial charge < -0.3 is 10.1 Å². The van der Waals surface area contributed by atoms with E-state index in [2.05, 4.69) is 10.1 Å². The predicted octanol–water partition coefficient (Wildman–Crippen LogP) is 4.05. The van der Waals surface area contributed by atoms with Crippen LogP contribution in [0.2, 0.25) is 0 Å². The van der Waals surface area contributed by atoms with E-state index < -0.39 is 6.36 Å². The molecular weight excluding hydrogens is 279 g/mol. The standard InChI is InChI=1S/C16H20F3NO/c17-16(18,19)21-14-8-4-11(5-9-14)10-13-7-6-12-2-1-3-15(12)20-13/h4-5,8-9,12-13,15,20H,1-3,6-7,10H2. The Morgan fingerprint density at radius 3 is 2.52 bits per heavy atom. The number of halogens is 3. The summed E-state index contributed by atoms with van der Waals surface area (Å²) in [5.74, 6) is 0.683. The molecule has 1 heterocycles. The summed E-state index contributed by atoms with van der Waals surface area (Å²) in [6.45, 7) is 0. The first-order valence-corrected chi connectivity index (χ1v) is 7.60. The summed E-state index contributed by atoms with van der Waals surface area (Å²) in [6, 6.07) is 7.33. The smallest absolute Gasteiger partial charge is 0.406 e. The first-order chi connectivity index (χ1) is 9.99. The average molecular weight is 299 g/mol. The number of hydrogen-bond acceptors (Lipinski definition) is 2. The highest BCUT2D eigenvalue weighted by Gasteiger charge is 2.33. The number of nitrogens with one attached hydrogen (secondary N) is 1. The molecule has 1 aromatic rings. The molecule has 21 heavy (non-hydrogen) atoms. The summed E-state index contributed by atoms with van der Waals surface area (Å²) in [6.07, 6.45) is 2.60. The third-order valence-electron chi connectivity index (χ3n) is 4.63. The Balaban J connectivity index is 1.55. The minimum absolute atomic E-state index is 0.154. The number of rotatable bonds is 3. The van der Waals surface area contributed by atoms with Crippen LogP contribution in [0.4, 0.5) is 13.2 Å². The topological polar surface area (TPSA) is 21.3 Å². The van der Waals surface area contributed by atoms with Gasteiger partial charge in [-0.3, -0.25) is 0 Å². The number of alkyl halides is 3. The van der Waals surface area contributed by atoms with Crippen molar-refractivity contribution >= 4 is 0 Å². The van der Waals surface area contributed by atoms with E-state index in [4.69, 9.17) is 0 Å². The zero-order valence-electron chi connectivity index (χ0n) is 11.8. The number of benzene rings is 1.